The van der Waals surface area contributed by atoms with Crippen LogP contribution in [0.3, 0.4) is 0 Å². The summed E-state index contributed by atoms with van der Waals surface area (Å²) in [7, 11) is 0. The molecule has 3 nitrogen and oxygen atoms in total. The van der Waals surface area contributed by atoms with Crippen molar-refractivity contribution >= 4 is 27.3 Å². The molecule has 5 heteroatoms. The number of benzene rings is 1. The Morgan fingerprint density at radius 2 is 2.15 bits per heavy atom. The van der Waals surface area contributed by atoms with Crippen LogP contribution in [-0.4, -0.2) is 25.0 Å². The molecule has 2 heterocycles. The van der Waals surface area contributed by atoms with Gasteiger partial charge in [-0.05, 0) is 62.0 Å². The molecule has 2 N–H and O–H groups in total. The summed E-state index contributed by atoms with van der Waals surface area (Å²) in [4.78, 5) is 13.1. The summed E-state index contributed by atoms with van der Waals surface area (Å²) in [5, 5.41) is 7.20. The number of amides is 1. The van der Waals surface area contributed by atoms with Crippen LogP contribution in [0.2, 0.25) is 0 Å². The van der Waals surface area contributed by atoms with Gasteiger partial charge in [-0.1, -0.05) is 0 Å². The number of piperidine rings is 1. The predicted molar refractivity (Wildman–Crippen MR) is 79.9 cm³/mol. The van der Waals surface area contributed by atoms with Crippen molar-refractivity contribution in [2.75, 3.05) is 13.1 Å². The molecule has 1 aliphatic heterocycles. The van der Waals surface area contributed by atoms with Crippen molar-refractivity contribution < 1.29 is 9.18 Å². The fourth-order valence-electron chi connectivity index (χ4n) is 2.63. The number of nitrogens with one attached hydrogen (secondary N) is 2. The van der Waals surface area contributed by atoms with Crippen LogP contribution in [-0.2, 0) is 0 Å². The Morgan fingerprint density at radius 3 is 2.90 bits per heavy atom. The van der Waals surface area contributed by atoms with E-state index in [0.29, 0.717) is 4.88 Å². The van der Waals surface area contributed by atoms with Crippen LogP contribution >= 0.6 is 11.3 Å². The number of fused-ring (bicyclic) bond motifs is 1. The highest BCUT2D eigenvalue weighted by Crippen LogP contribution is 2.31. The predicted octanol–water partition coefficient (Wildman–Crippen LogP) is 2.83. The summed E-state index contributed by atoms with van der Waals surface area (Å²) < 4.78 is 14.3. The van der Waals surface area contributed by atoms with Crippen molar-refractivity contribution in [1.82, 2.24) is 10.6 Å². The number of thiophene rings is 1. The second-order valence-corrected chi connectivity index (χ2v) is 6.25. The summed E-state index contributed by atoms with van der Waals surface area (Å²) >= 11 is 1.43. The lowest BCUT2D eigenvalue weighted by atomic mass is 10.1. The van der Waals surface area contributed by atoms with Gasteiger partial charge in [-0.2, -0.15) is 0 Å². The number of rotatable bonds is 2. The fraction of sp³-hybridized carbons (Fsp3) is 0.400. The first-order valence-electron chi connectivity index (χ1n) is 6.85. The average molecular weight is 292 g/mol. The van der Waals surface area contributed by atoms with Crippen LogP contribution < -0.4 is 10.6 Å². The van der Waals surface area contributed by atoms with Gasteiger partial charge in [0.25, 0.3) is 5.91 Å². The van der Waals surface area contributed by atoms with E-state index in [1.165, 1.54) is 23.5 Å². The third kappa shape index (κ3) is 2.55. The molecule has 1 saturated heterocycles. The SMILES string of the molecule is Cc1c(C(=O)NC2CCNCC2)sc2ccc(F)cc12. The van der Waals surface area contributed by atoms with Crippen molar-refractivity contribution in [3.8, 4) is 0 Å². The van der Waals surface area contributed by atoms with E-state index in [2.05, 4.69) is 10.6 Å². The molecule has 0 unspecified atom stereocenters. The maximum absolute atomic E-state index is 13.3. The summed E-state index contributed by atoms with van der Waals surface area (Å²) in [6, 6.07) is 4.92. The molecule has 0 atom stereocenters. The highest BCUT2D eigenvalue weighted by atomic mass is 32.1. The molecule has 0 spiro atoms. The summed E-state index contributed by atoms with van der Waals surface area (Å²) in [5.41, 5.74) is 0.871. The summed E-state index contributed by atoms with van der Waals surface area (Å²) in [5.74, 6) is -0.292. The molecule has 1 fully saturated rings. The van der Waals surface area contributed by atoms with Gasteiger partial charge < -0.3 is 10.6 Å². The molecule has 0 bridgehead atoms. The zero-order chi connectivity index (χ0) is 14.1. The Labute approximate surface area is 121 Å². The Hall–Kier alpha value is -1.46. The number of carbonyl (C=O) groups is 1. The van der Waals surface area contributed by atoms with Gasteiger partial charge in [-0.3, -0.25) is 4.79 Å². The minimum Gasteiger partial charge on any atom is -0.349 e. The molecule has 0 saturated carbocycles. The minimum absolute atomic E-state index is 0.0315. The molecule has 20 heavy (non-hydrogen) atoms. The van der Waals surface area contributed by atoms with E-state index in [-0.39, 0.29) is 17.8 Å². The lowest BCUT2D eigenvalue weighted by Gasteiger charge is -2.23. The second-order valence-electron chi connectivity index (χ2n) is 5.19. The molecule has 1 aromatic heterocycles. The van der Waals surface area contributed by atoms with Crippen LogP contribution in [0, 0.1) is 12.7 Å². The molecule has 1 amide bonds. The zero-order valence-corrected chi connectivity index (χ0v) is 12.1. The van der Waals surface area contributed by atoms with E-state index in [4.69, 9.17) is 0 Å². The Balaban J connectivity index is 1.85. The topological polar surface area (TPSA) is 41.1 Å². The van der Waals surface area contributed by atoms with Crippen LogP contribution in [0.5, 0.6) is 0 Å². The zero-order valence-electron chi connectivity index (χ0n) is 11.3. The first-order chi connectivity index (χ1) is 9.65. The minimum atomic E-state index is -0.260. The standard InChI is InChI=1S/C15H17FN2OS/c1-9-12-8-10(16)2-3-13(12)20-14(9)15(19)18-11-4-6-17-7-5-11/h2-3,8,11,17H,4-7H2,1H3,(H,18,19). The highest BCUT2D eigenvalue weighted by Gasteiger charge is 2.20. The third-order valence-corrected chi connectivity index (χ3v) is 5.05. The van der Waals surface area contributed by atoms with Crippen molar-refractivity contribution in [3.63, 3.8) is 0 Å². The number of aryl methyl sites for hydroxylation is 1. The number of halogens is 1. The van der Waals surface area contributed by atoms with Gasteiger partial charge in [-0.15, -0.1) is 11.3 Å². The lowest BCUT2D eigenvalue weighted by Crippen LogP contribution is -2.42. The van der Waals surface area contributed by atoms with Crippen molar-refractivity contribution in [2.24, 2.45) is 0 Å². The molecule has 2 aromatic rings. The molecule has 3 rings (SSSR count). The van der Waals surface area contributed by atoms with E-state index in [9.17, 15) is 9.18 Å². The first-order valence-corrected chi connectivity index (χ1v) is 7.67. The van der Waals surface area contributed by atoms with E-state index < -0.39 is 0 Å². The number of hydrogen-bond acceptors (Lipinski definition) is 3. The Kier molecular flexibility index (Phi) is 3.72. The van der Waals surface area contributed by atoms with Gasteiger partial charge in [0.15, 0.2) is 0 Å². The van der Waals surface area contributed by atoms with Gasteiger partial charge in [0, 0.05) is 10.7 Å². The van der Waals surface area contributed by atoms with E-state index in [1.807, 2.05) is 6.92 Å². The second kappa shape index (κ2) is 5.50. The van der Waals surface area contributed by atoms with Crippen LogP contribution in [0.25, 0.3) is 10.1 Å². The summed E-state index contributed by atoms with van der Waals surface area (Å²) in [6.07, 6.45) is 1.93. The normalized spacial score (nSPS) is 16.5. The highest BCUT2D eigenvalue weighted by molar-refractivity contribution is 7.21. The molecule has 106 valence electrons. The average Bonchev–Trinajstić information content (AvgIpc) is 2.77. The van der Waals surface area contributed by atoms with Crippen LogP contribution in [0.15, 0.2) is 18.2 Å². The van der Waals surface area contributed by atoms with E-state index in [1.54, 1.807) is 6.07 Å². The monoisotopic (exact) mass is 292 g/mol. The van der Waals surface area contributed by atoms with E-state index in [0.717, 1.165) is 41.6 Å². The number of hydrogen-bond donors (Lipinski definition) is 2. The molecular formula is C15H17FN2OS. The van der Waals surface area contributed by atoms with Gasteiger partial charge in [0.05, 0.1) is 4.88 Å². The molecular weight excluding hydrogens is 275 g/mol. The molecule has 1 aromatic carbocycles. The Bertz CT molecular complexity index is 647. The quantitative estimate of drug-likeness (QED) is 0.893. The van der Waals surface area contributed by atoms with E-state index >= 15 is 0 Å². The lowest BCUT2D eigenvalue weighted by molar-refractivity contribution is 0.0933. The van der Waals surface area contributed by atoms with Crippen molar-refractivity contribution in [2.45, 2.75) is 25.8 Å². The fourth-order valence-corrected chi connectivity index (χ4v) is 3.72. The van der Waals surface area contributed by atoms with Crippen molar-refractivity contribution in [1.29, 1.82) is 0 Å². The largest absolute Gasteiger partial charge is 0.349 e. The third-order valence-electron chi connectivity index (χ3n) is 3.78. The van der Waals surface area contributed by atoms with Gasteiger partial charge in [0.1, 0.15) is 5.82 Å². The Morgan fingerprint density at radius 1 is 1.40 bits per heavy atom. The van der Waals surface area contributed by atoms with Gasteiger partial charge >= 0.3 is 0 Å². The first kappa shape index (κ1) is 13.5. The van der Waals surface area contributed by atoms with Gasteiger partial charge in [-0.25, -0.2) is 4.39 Å². The smallest absolute Gasteiger partial charge is 0.261 e. The van der Waals surface area contributed by atoms with Crippen LogP contribution in [0.4, 0.5) is 4.39 Å². The summed E-state index contributed by atoms with van der Waals surface area (Å²) in [6.45, 7) is 3.78. The number of carbonyl (C=O) groups excluding carboxylic acids is 1. The maximum atomic E-state index is 13.3. The molecule has 1 aliphatic rings. The van der Waals surface area contributed by atoms with Crippen molar-refractivity contribution in [3.05, 3.63) is 34.5 Å². The van der Waals surface area contributed by atoms with Crippen LogP contribution in [0.1, 0.15) is 28.1 Å². The molecule has 0 radical (unpaired) electrons. The molecule has 0 aliphatic carbocycles. The van der Waals surface area contributed by atoms with Gasteiger partial charge in [0.2, 0.25) is 0 Å². The maximum Gasteiger partial charge on any atom is 0.261 e.